The highest BCUT2D eigenvalue weighted by molar-refractivity contribution is 7.11. The van der Waals surface area contributed by atoms with Gasteiger partial charge in [0, 0.05) is 42.1 Å². The van der Waals surface area contributed by atoms with Crippen LogP contribution in [0.15, 0.2) is 42.5 Å². The molecule has 7 heteroatoms. The molecule has 1 saturated carbocycles. The maximum Gasteiger partial charge on any atom is 0.318 e. The molecule has 0 atom stereocenters. The molecule has 1 heterocycles. The molecule has 3 rings (SSSR count). The zero-order valence-electron chi connectivity index (χ0n) is 20.6. The van der Waals surface area contributed by atoms with Gasteiger partial charge in [0.15, 0.2) is 0 Å². The van der Waals surface area contributed by atoms with E-state index in [1.165, 1.54) is 11.3 Å². The van der Waals surface area contributed by atoms with Gasteiger partial charge in [-0.25, -0.2) is 4.79 Å². The Morgan fingerprint density at radius 2 is 1.79 bits per heavy atom. The molecule has 2 aromatic rings. The second kappa shape index (κ2) is 14.1. The minimum Gasteiger partial charge on any atom is -0.382 e. The van der Waals surface area contributed by atoms with Gasteiger partial charge in [0.25, 0.3) is 0 Å². The van der Waals surface area contributed by atoms with E-state index in [0.717, 1.165) is 36.1 Å². The van der Waals surface area contributed by atoms with Gasteiger partial charge in [0.05, 0.1) is 6.54 Å². The number of benzene rings is 1. The molecule has 1 N–H and O–H groups in total. The number of hydrogen-bond donors (Lipinski definition) is 1. The molecule has 1 aromatic carbocycles. The van der Waals surface area contributed by atoms with Crippen molar-refractivity contribution in [2.45, 2.75) is 71.5 Å². The van der Waals surface area contributed by atoms with E-state index >= 15 is 0 Å². The van der Waals surface area contributed by atoms with Crippen molar-refractivity contribution >= 4 is 23.3 Å². The van der Waals surface area contributed by atoms with E-state index in [0.29, 0.717) is 39.3 Å². The quantitative estimate of drug-likeness (QED) is 0.412. The number of hydrogen-bond acceptors (Lipinski definition) is 4. The first-order chi connectivity index (χ1) is 16.5. The first kappa shape index (κ1) is 26.2. The number of urea groups is 1. The number of carbonyl (C=O) groups is 2. The van der Waals surface area contributed by atoms with E-state index in [9.17, 15) is 9.59 Å². The third-order valence-corrected chi connectivity index (χ3v) is 7.16. The van der Waals surface area contributed by atoms with Crippen LogP contribution in [0, 0.1) is 6.92 Å². The summed E-state index contributed by atoms with van der Waals surface area (Å²) < 4.78 is 5.47. The topological polar surface area (TPSA) is 61.9 Å². The van der Waals surface area contributed by atoms with Crippen LogP contribution >= 0.6 is 11.3 Å². The molecule has 0 saturated heterocycles. The van der Waals surface area contributed by atoms with Crippen molar-refractivity contribution in [1.29, 1.82) is 0 Å². The Morgan fingerprint density at radius 3 is 2.47 bits per heavy atom. The zero-order valence-corrected chi connectivity index (χ0v) is 21.4. The summed E-state index contributed by atoms with van der Waals surface area (Å²) >= 11 is 1.71. The zero-order chi connectivity index (χ0) is 24.2. The summed E-state index contributed by atoms with van der Waals surface area (Å²) in [4.78, 5) is 32.6. The number of amides is 3. The predicted octanol–water partition coefficient (Wildman–Crippen LogP) is 5.36. The minimum absolute atomic E-state index is 0.0369. The summed E-state index contributed by atoms with van der Waals surface area (Å²) in [5.74, 6) is -0.0369. The van der Waals surface area contributed by atoms with Crippen molar-refractivity contribution < 1.29 is 14.3 Å². The lowest BCUT2D eigenvalue weighted by Gasteiger charge is -2.30. The summed E-state index contributed by atoms with van der Waals surface area (Å²) in [6.45, 7) is 6.91. The molecule has 1 aliphatic carbocycles. The summed E-state index contributed by atoms with van der Waals surface area (Å²) in [6, 6.07) is 14.3. The average molecular weight is 486 g/mol. The van der Waals surface area contributed by atoms with Crippen molar-refractivity contribution in [2.75, 3.05) is 26.3 Å². The van der Waals surface area contributed by atoms with Crippen LogP contribution in [-0.4, -0.2) is 54.1 Å². The van der Waals surface area contributed by atoms with Crippen LogP contribution < -0.4 is 5.32 Å². The second-order valence-electron chi connectivity index (χ2n) is 9.00. The van der Waals surface area contributed by atoms with Crippen molar-refractivity contribution in [3.05, 3.63) is 57.8 Å². The highest BCUT2D eigenvalue weighted by atomic mass is 32.1. The van der Waals surface area contributed by atoms with Gasteiger partial charge in [-0.3, -0.25) is 4.79 Å². The van der Waals surface area contributed by atoms with Crippen LogP contribution in [0.4, 0.5) is 4.79 Å². The van der Waals surface area contributed by atoms with Gasteiger partial charge >= 0.3 is 6.03 Å². The molecule has 1 aliphatic rings. The molecule has 0 unspecified atom stereocenters. The van der Waals surface area contributed by atoms with Gasteiger partial charge in [-0.2, -0.15) is 0 Å². The van der Waals surface area contributed by atoms with Crippen molar-refractivity contribution in [3.63, 3.8) is 0 Å². The summed E-state index contributed by atoms with van der Waals surface area (Å²) in [5, 5.41) is 3.18. The van der Waals surface area contributed by atoms with Crippen LogP contribution in [0.25, 0.3) is 0 Å². The fourth-order valence-corrected chi connectivity index (χ4v) is 5.23. The SMILES string of the molecule is CCOCCCN(CC(=O)N(Cc1ccccc1)Cc1ccc(C)s1)C(=O)NC1CCCCC1. The van der Waals surface area contributed by atoms with Crippen LogP contribution in [0.5, 0.6) is 0 Å². The van der Waals surface area contributed by atoms with E-state index in [-0.39, 0.29) is 24.5 Å². The minimum atomic E-state index is -0.136. The Kier molecular flexibility index (Phi) is 10.9. The van der Waals surface area contributed by atoms with Gasteiger partial charge in [-0.05, 0) is 50.8 Å². The Bertz CT molecular complexity index is 880. The highest BCUT2D eigenvalue weighted by Gasteiger charge is 2.24. The first-order valence-electron chi connectivity index (χ1n) is 12.6. The first-order valence-corrected chi connectivity index (χ1v) is 13.4. The average Bonchev–Trinajstić information content (AvgIpc) is 3.26. The van der Waals surface area contributed by atoms with E-state index in [1.54, 1.807) is 16.2 Å². The number of aryl methyl sites for hydroxylation is 1. The summed E-state index contributed by atoms with van der Waals surface area (Å²) in [7, 11) is 0. The van der Waals surface area contributed by atoms with Crippen molar-refractivity contribution in [1.82, 2.24) is 15.1 Å². The number of ether oxygens (including phenoxy) is 1. The fourth-order valence-electron chi connectivity index (χ4n) is 4.32. The van der Waals surface area contributed by atoms with Gasteiger partial charge in [0.2, 0.25) is 5.91 Å². The van der Waals surface area contributed by atoms with Gasteiger partial charge in [0.1, 0.15) is 6.54 Å². The molecule has 1 aromatic heterocycles. The fraction of sp³-hybridized carbons (Fsp3) is 0.556. The Morgan fingerprint density at radius 1 is 1.03 bits per heavy atom. The molecule has 0 aliphatic heterocycles. The number of nitrogens with zero attached hydrogens (tertiary/aromatic N) is 2. The monoisotopic (exact) mass is 485 g/mol. The molecular formula is C27H39N3O3S. The predicted molar refractivity (Wildman–Crippen MR) is 138 cm³/mol. The normalized spacial score (nSPS) is 14.1. The van der Waals surface area contributed by atoms with Crippen LogP contribution in [-0.2, 0) is 22.6 Å². The van der Waals surface area contributed by atoms with Gasteiger partial charge in [-0.15, -0.1) is 11.3 Å². The smallest absolute Gasteiger partial charge is 0.318 e. The maximum absolute atomic E-state index is 13.5. The van der Waals surface area contributed by atoms with E-state index in [1.807, 2.05) is 42.2 Å². The molecule has 3 amide bonds. The molecule has 0 bridgehead atoms. The number of thiophene rings is 1. The molecule has 0 spiro atoms. The Hall–Kier alpha value is -2.38. The molecule has 186 valence electrons. The third-order valence-electron chi connectivity index (χ3n) is 6.18. The van der Waals surface area contributed by atoms with Crippen LogP contribution in [0.1, 0.15) is 60.8 Å². The molecule has 0 radical (unpaired) electrons. The van der Waals surface area contributed by atoms with E-state index in [2.05, 4.69) is 24.4 Å². The number of nitrogens with one attached hydrogen (secondary N) is 1. The standard InChI is InChI=1S/C27H39N3O3S/c1-3-33-18-10-17-29(27(32)28-24-13-8-5-9-14-24)21-26(31)30(19-23-11-6-4-7-12-23)20-25-16-15-22(2)34-25/h4,6-7,11-12,15-16,24H,3,5,8-10,13-14,17-21H2,1-2H3,(H,28,32). The van der Waals surface area contributed by atoms with Crippen molar-refractivity contribution in [3.8, 4) is 0 Å². The lowest BCUT2D eigenvalue weighted by molar-refractivity contribution is -0.133. The molecule has 1 fully saturated rings. The van der Waals surface area contributed by atoms with Crippen LogP contribution in [0.3, 0.4) is 0 Å². The summed E-state index contributed by atoms with van der Waals surface area (Å²) in [6.07, 6.45) is 6.29. The molecular weight excluding hydrogens is 446 g/mol. The van der Waals surface area contributed by atoms with Gasteiger partial charge in [-0.1, -0.05) is 49.6 Å². The number of carbonyl (C=O) groups excluding carboxylic acids is 2. The van der Waals surface area contributed by atoms with Crippen LogP contribution in [0.2, 0.25) is 0 Å². The van der Waals surface area contributed by atoms with Gasteiger partial charge < -0.3 is 19.9 Å². The Balaban J connectivity index is 1.69. The second-order valence-corrected chi connectivity index (χ2v) is 10.4. The molecule has 6 nitrogen and oxygen atoms in total. The summed E-state index contributed by atoms with van der Waals surface area (Å²) in [5.41, 5.74) is 1.08. The van der Waals surface area contributed by atoms with E-state index < -0.39 is 0 Å². The number of rotatable bonds is 12. The maximum atomic E-state index is 13.5. The lowest BCUT2D eigenvalue weighted by Crippen LogP contribution is -2.49. The largest absolute Gasteiger partial charge is 0.382 e. The lowest BCUT2D eigenvalue weighted by atomic mass is 9.96. The highest BCUT2D eigenvalue weighted by Crippen LogP contribution is 2.20. The molecule has 34 heavy (non-hydrogen) atoms. The van der Waals surface area contributed by atoms with E-state index in [4.69, 9.17) is 4.74 Å². The third kappa shape index (κ3) is 8.76. The van der Waals surface area contributed by atoms with Crippen molar-refractivity contribution in [2.24, 2.45) is 0 Å². The Labute approximate surface area is 208 Å².